The Hall–Kier alpha value is -0.540. The van der Waals surface area contributed by atoms with Gasteiger partial charge in [-0.25, -0.2) is 0 Å². The lowest BCUT2D eigenvalue weighted by atomic mass is 9.75. The number of nitrogens with zero attached hydrogens (tertiary/aromatic N) is 1. The summed E-state index contributed by atoms with van der Waals surface area (Å²) in [6.07, 6.45) is 7.23. The Morgan fingerprint density at radius 3 is 2.74 bits per heavy atom. The molecule has 2 N–H and O–H groups in total. The van der Waals surface area contributed by atoms with Gasteiger partial charge in [-0.05, 0) is 64.8 Å². The highest BCUT2D eigenvalue weighted by molar-refractivity contribution is 9.10. The Labute approximate surface area is 124 Å². The normalized spacial score (nSPS) is 28.1. The van der Waals surface area contributed by atoms with Crippen molar-refractivity contribution in [2.45, 2.75) is 38.6 Å². The lowest BCUT2D eigenvalue weighted by Crippen LogP contribution is -2.41. The van der Waals surface area contributed by atoms with Crippen LogP contribution in [0, 0.1) is 11.8 Å². The largest absolute Gasteiger partial charge is 0.398 e. The molecule has 2 nitrogen and oxygen atoms in total. The molecule has 1 heterocycles. The van der Waals surface area contributed by atoms with Crippen LogP contribution in [-0.4, -0.2) is 18.0 Å². The number of hydrogen-bond acceptors (Lipinski definition) is 2. The Kier molecular flexibility index (Phi) is 4.13. The van der Waals surface area contributed by atoms with Crippen molar-refractivity contribution in [3.8, 4) is 0 Å². The fourth-order valence-corrected chi connectivity index (χ4v) is 4.02. The highest BCUT2D eigenvalue weighted by Gasteiger charge is 2.30. The van der Waals surface area contributed by atoms with Crippen LogP contribution in [0.3, 0.4) is 0 Å². The average molecular weight is 323 g/mol. The number of piperidine rings is 1. The standard InChI is InChI=1S/C16H23BrN2/c17-15-6-5-12(9-16(15)18)10-19-8-7-13-3-1-2-4-14(13)11-19/h5-6,9,13-14H,1-4,7-8,10-11,18H2. The van der Waals surface area contributed by atoms with Crippen LogP contribution in [0.2, 0.25) is 0 Å². The molecule has 1 aromatic carbocycles. The van der Waals surface area contributed by atoms with E-state index in [9.17, 15) is 0 Å². The zero-order valence-electron chi connectivity index (χ0n) is 11.4. The number of halogens is 1. The van der Waals surface area contributed by atoms with Crippen LogP contribution in [0.15, 0.2) is 22.7 Å². The first-order valence-corrected chi connectivity index (χ1v) is 8.28. The summed E-state index contributed by atoms with van der Waals surface area (Å²) in [5.41, 5.74) is 8.16. The maximum Gasteiger partial charge on any atom is 0.0461 e. The fraction of sp³-hybridized carbons (Fsp3) is 0.625. The maximum absolute atomic E-state index is 5.97. The number of fused-ring (bicyclic) bond motifs is 1. The highest BCUT2D eigenvalue weighted by Crippen LogP contribution is 2.36. The van der Waals surface area contributed by atoms with Gasteiger partial charge < -0.3 is 5.73 Å². The zero-order chi connectivity index (χ0) is 13.2. The van der Waals surface area contributed by atoms with E-state index in [4.69, 9.17) is 5.73 Å². The van der Waals surface area contributed by atoms with Crippen molar-refractivity contribution in [2.24, 2.45) is 11.8 Å². The van der Waals surface area contributed by atoms with Crippen LogP contribution in [0.1, 0.15) is 37.7 Å². The van der Waals surface area contributed by atoms with Crippen LogP contribution in [0.4, 0.5) is 5.69 Å². The second kappa shape index (κ2) is 5.84. The van der Waals surface area contributed by atoms with E-state index in [2.05, 4.69) is 39.0 Å². The molecule has 2 aliphatic rings. The summed E-state index contributed by atoms with van der Waals surface area (Å²) in [6.45, 7) is 3.61. The Morgan fingerprint density at radius 1 is 1.16 bits per heavy atom. The predicted molar refractivity (Wildman–Crippen MR) is 83.9 cm³/mol. The van der Waals surface area contributed by atoms with Crippen LogP contribution in [0.25, 0.3) is 0 Å². The lowest BCUT2D eigenvalue weighted by Gasteiger charge is -2.41. The summed E-state index contributed by atoms with van der Waals surface area (Å²) < 4.78 is 1.00. The summed E-state index contributed by atoms with van der Waals surface area (Å²) in [6, 6.07) is 6.36. The topological polar surface area (TPSA) is 29.3 Å². The lowest BCUT2D eigenvalue weighted by molar-refractivity contribution is 0.0821. The number of benzene rings is 1. The molecule has 104 valence electrons. The van der Waals surface area contributed by atoms with E-state index in [-0.39, 0.29) is 0 Å². The molecule has 19 heavy (non-hydrogen) atoms. The molecular formula is C16H23BrN2. The summed E-state index contributed by atoms with van der Waals surface area (Å²) in [4.78, 5) is 2.62. The molecule has 1 saturated carbocycles. The molecule has 3 heteroatoms. The van der Waals surface area contributed by atoms with E-state index < -0.39 is 0 Å². The van der Waals surface area contributed by atoms with Crippen molar-refractivity contribution in [1.82, 2.24) is 4.90 Å². The van der Waals surface area contributed by atoms with Crippen LogP contribution < -0.4 is 5.73 Å². The molecule has 2 unspecified atom stereocenters. The van der Waals surface area contributed by atoms with Crippen molar-refractivity contribution in [3.05, 3.63) is 28.2 Å². The van der Waals surface area contributed by atoms with Crippen molar-refractivity contribution >= 4 is 21.6 Å². The SMILES string of the molecule is Nc1cc(CN2CCC3CCCCC3C2)ccc1Br. The van der Waals surface area contributed by atoms with Gasteiger partial charge in [0.05, 0.1) is 0 Å². The van der Waals surface area contributed by atoms with Crippen molar-refractivity contribution in [2.75, 3.05) is 18.8 Å². The quantitative estimate of drug-likeness (QED) is 0.832. The average Bonchev–Trinajstić information content (AvgIpc) is 2.43. The van der Waals surface area contributed by atoms with E-state index in [0.29, 0.717) is 0 Å². The van der Waals surface area contributed by atoms with Gasteiger partial charge in [0.25, 0.3) is 0 Å². The minimum Gasteiger partial charge on any atom is -0.398 e. The fourth-order valence-electron chi connectivity index (χ4n) is 3.77. The summed E-state index contributed by atoms with van der Waals surface area (Å²) >= 11 is 3.46. The number of rotatable bonds is 2. The molecular weight excluding hydrogens is 300 g/mol. The third-order valence-electron chi connectivity index (χ3n) is 4.84. The van der Waals surface area contributed by atoms with E-state index in [1.165, 1.54) is 50.8 Å². The minimum absolute atomic E-state index is 0.852. The van der Waals surface area contributed by atoms with Crippen molar-refractivity contribution in [3.63, 3.8) is 0 Å². The predicted octanol–water partition coefficient (Wildman–Crippen LogP) is 4.04. The zero-order valence-corrected chi connectivity index (χ0v) is 13.0. The first kappa shape index (κ1) is 13.4. The molecule has 0 bridgehead atoms. The van der Waals surface area contributed by atoms with Crippen LogP contribution in [0.5, 0.6) is 0 Å². The molecule has 1 saturated heterocycles. The second-order valence-corrected chi connectivity index (χ2v) is 7.04. The molecule has 1 aliphatic carbocycles. The third kappa shape index (κ3) is 3.14. The molecule has 0 spiro atoms. The first-order valence-electron chi connectivity index (χ1n) is 7.48. The number of likely N-dealkylation sites (tertiary alicyclic amines) is 1. The number of nitrogen functional groups attached to an aromatic ring is 1. The smallest absolute Gasteiger partial charge is 0.0461 e. The summed E-state index contributed by atoms with van der Waals surface area (Å²) in [5, 5.41) is 0. The highest BCUT2D eigenvalue weighted by atomic mass is 79.9. The maximum atomic E-state index is 5.97. The van der Waals surface area contributed by atoms with E-state index >= 15 is 0 Å². The second-order valence-electron chi connectivity index (χ2n) is 6.18. The van der Waals surface area contributed by atoms with Crippen LogP contribution in [-0.2, 0) is 6.54 Å². The van der Waals surface area contributed by atoms with Gasteiger partial charge in [0, 0.05) is 23.2 Å². The van der Waals surface area contributed by atoms with Gasteiger partial charge in [-0.15, -0.1) is 0 Å². The van der Waals surface area contributed by atoms with Crippen molar-refractivity contribution in [1.29, 1.82) is 0 Å². The van der Waals surface area contributed by atoms with Gasteiger partial charge in [0.2, 0.25) is 0 Å². The molecule has 1 aromatic rings. The molecule has 2 fully saturated rings. The first-order chi connectivity index (χ1) is 9.22. The van der Waals surface area contributed by atoms with Gasteiger partial charge in [0.15, 0.2) is 0 Å². The molecule has 0 amide bonds. The van der Waals surface area contributed by atoms with Gasteiger partial charge >= 0.3 is 0 Å². The van der Waals surface area contributed by atoms with Gasteiger partial charge in [-0.1, -0.05) is 25.3 Å². The number of anilines is 1. The van der Waals surface area contributed by atoms with E-state index in [0.717, 1.165) is 28.5 Å². The van der Waals surface area contributed by atoms with Crippen molar-refractivity contribution < 1.29 is 0 Å². The summed E-state index contributed by atoms with van der Waals surface area (Å²) in [7, 11) is 0. The number of nitrogens with two attached hydrogens (primary N) is 1. The Morgan fingerprint density at radius 2 is 1.95 bits per heavy atom. The van der Waals surface area contributed by atoms with Gasteiger partial charge in [-0.3, -0.25) is 4.90 Å². The molecule has 0 radical (unpaired) electrons. The van der Waals surface area contributed by atoms with E-state index in [1.807, 2.05) is 0 Å². The van der Waals surface area contributed by atoms with Gasteiger partial charge in [0.1, 0.15) is 0 Å². The molecule has 1 aliphatic heterocycles. The molecule has 2 atom stereocenters. The minimum atomic E-state index is 0.852. The third-order valence-corrected chi connectivity index (χ3v) is 5.56. The molecule has 0 aromatic heterocycles. The van der Waals surface area contributed by atoms with E-state index in [1.54, 1.807) is 0 Å². The molecule has 3 rings (SSSR count). The summed E-state index contributed by atoms with van der Waals surface area (Å²) in [5.74, 6) is 1.97. The van der Waals surface area contributed by atoms with Crippen LogP contribution >= 0.6 is 15.9 Å². The Bertz CT molecular complexity index is 446. The van der Waals surface area contributed by atoms with Gasteiger partial charge in [-0.2, -0.15) is 0 Å². The number of hydrogen-bond donors (Lipinski definition) is 1. The Balaban J connectivity index is 1.62. The monoisotopic (exact) mass is 322 g/mol.